The molecule has 0 radical (unpaired) electrons. The van der Waals surface area contributed by atoms with E-state index in [1.807, 2.05) is 12.1 Å². The van der Waals surface area contributed by atoms with Gasteiger partial charge < -0.3 is 15.5 Å². The van der Waals surface area contributed by atoms with Gasteiger partial charge in [-0.1, -0.05) is 18.2 Å². The highest BCUT2D eigenvalue weighted by atomic mass is 19.1. The van der Waals surface area contributed by atoms with Gasteiger partial charge in [-0.2, -0.15) is 0 Å². The lowest BCUT2D eigenvalue weighted by Crippen LogP contribution is -2.55. The van der Waals surface area contributed by atoms with Gasteiger partial charge in [-0.3, -0.25) is 9.89 Å². The van der Waals surface area contributed by atoms with Crippen molar-refractivity contribution in [2.45, 2.75) is 24.3 Å². The van der Waals surface area contributed by atoms with Gasteiger partial charge in [-0.25, -0.2) is 4.39 Å². The second-order valence-electron chi connectivity index (χ2n) is 7.46. The van der Waals surface area contributed by atoms with E-state index in [4.69, 9.17) is 0 Å². The third-order valence-electron chi connectivity index (χ3n) is 5.60. The van der Waals surface area contributed by atoms with E-state index in [-0.39, 0.29) is 11.2 Å². The fourth-order valence-electron chi connectivity index (χ4n) is 3.59. The highest BCUT2D eigenvalue weighted by molar-refractivity contribution is 5.79. The van der Waals surface area contributed by atoms with Crippen molar-refractivity contribution in [3.05, 3.63) is 35.6 Å². The molecule has 2 N–H and O–H groups in total. The maximum absolute atomic E-state index is 14.1. The zero-order chi connectivity index (χ0) is 17.9. The van der Waals surface area contributed by atoms with Crippen molar-refractivity contribution in [3.63, 3.8) is 0 Å². The van der Waals surface area contributed by atoms with Crippen LogP contribution in [-0.4, -0.2) is 75.7 Å². The molecular weight excluding hydrogens is 317 g/mol. The lowest BCUT2D eigenvalue weighted by Gasteiger charge is -2.38. The normalized spacial score (nSPS) is 24.2. The molecule has 0 bridgehead atoms. The van der Waals surface area contributed by atoms with E-state index in [9.17, 15) is 4.39 Å². The first kappa shape index (κ1) is 18.1. The average Bonchev–Trinajstić information content (AvgIpc) is 3.39. The molecule has 2 fully saturated rings. The minimum Gasteiger partial charge on any atom is -0.356 e. The maximum atomic E-state index is 14.1. The van der Waals surface area contributed by atoms with E-state index >= 15 is 0 Å². The van der Waals surface area contributed by atoms with Crippen LogP contribution in [-0.2, 0) is 5.41 Å². The number of hydrogen-bond donors (Lipinski definition) is 2. The van der Waals surface area contributed by atoms with E-state index in [0.717, 1.165) is 50.5 Å². The second kappa shape index (κ2) is 7.70. The lowest BCUT2D eigenvalue weighted by atomic mass is 9.95. The third-order valence-corrected chi connectivity index (χ3v) is 5.60. The average molecular weight is 347 g/mol. The first-order valence-corrected chi connectivity index (χ1v) is 9.12. The zero-order valence-corrected chi connectivity index (χ0v) is 15.6. The number of piperazine rings is 1. The van der Waals surface area contributed by atoms with Crippen LogP contribution in [0.15, 0.2) is 29.3 Å². The van der Waals surface area contributed by atoms with Crippen LogP contribution in [0.3, 0.4) is 0 Å². The molecule has 3 rings (SSSR count). The smallest absolute Gasteiger partial charge is 0.191 e. The van der Waals surface area contributed by atoms with Crippen LogP contribution in [0.5, 0.6) is 0 Å². The van der Waals surface area contributed by atoms with Crippen LogP contribution < -0.4 is 10.6 Å². The molecule has 25 heavy (non-hydrogen) atoms. The first-order chi connectivity index (χ1) is 12.0. The van der Waals surface area contributed by atoms with Gasteiger partial charge in [0.2, 0.25) is 0 Å². The van der Waals surface area contributed by atoms with Crippen molar-refractivity contribution in [3.8, 4) is 0 Å². The van der Waals surface area contributed by atoms with Crippen LogP contribution >= 0.6 is 0 Å². The van der Waals surface area contributed by atoms with Gasteiger partial charge in [-0.15, -0.1) is 0 Å². The fourth-order valence-corrected chi connectivity index (χ4v) is 3.59. The monoisotopic (exact) mass is 347 g/mol. The number of nitrogens with one attached hydrogen (secondary N) is 2. The minimum absolute atomic E-state index is 0.0786. The van der Waals surface area contributed by atoms with E-state index in [1.165, 1.54) is 0 Å². The standard InChI is InChI=1S/C19H30FN5/c1-21-18(22-12-15-13-24(2)10-11-25(15)3)23-14-19(8-9-19)16-6-4-5-7-17(16)20/h4-7,15H,8-14H2,1-3H3,(H2,21,22,23). The van der Waals surface area contributed by atoms with Gasteiger partial charge in [0.15, 0.2) is 5.96 Å². The Labute approximate surface area is 150 Å². The molecule has 6 heteroatoms. The predicted octanol–water partition coefficient (Wildman–Crippen LogP) is 1.27. The van der Waals surface area contributed by atoms with E-state index < -0.39 is 0 Å². The first-order valence-electron chi connectivity index (χ1n) is 9.12. The van der Waals surface area contributed by atoms with Crippen LogP contribution in [0.4, 0.5) is 4.39 Å². The van der Waals surface area contributed by atoms with Crippen molar-refractivity contribution in [2.75, 3.05) is 53.9 Å². The van der Waals surface area contributed by atoms with Crippen molar-refractivity contribution >= 4 is 5.96 Å². The Kier molecular flexibility index (Phi) is 5.59. The summed E-state index contributed by atoms with van der Waals surface area (Å²) in [5.41, 5.74) is 0.747. The summed E-state index contributed by atoms with van der Waals surface area (Å²) in [5.74, 6) is 0.695. The molecule has 1 unspecified atom stereocenters. The van der Waals surface area contributed by atoms with Crippen molar-refractivity contribution < 1.29 is 4.39 Å². The van der Waals surface area contributed by atoms with Gasteiger partial charge in [0.05, 0.1) is 0 Å². The minimum atomic E-state index is -0.100. The molecule has 0 spiro atoms. The quantitative estimate of drug-likeness (QED) is 0.622. The Bertz CT molecular complexity index is 614. The Morgan fingerprint density at radius 2 is 2.00 bits per heavy atom. The van der Waals surface area contributed by atoms with Gasteiger partial charge in [0, 0.05) is 51.2 Å². The second-order valence-corrected chi connectivity index (χ2v) is 7.46. The van der Waals surface area contributed by atoms with Crippen molar-refractivity contribution in [2.24, 2.45) is 4.99 Å². The molecule has 0 aromatic heterocycles. The molecule has 1 atom stereocenters. The molecule has 1 aromatic carbocycles. The molecule has 2 aliphatic rings. The summed E-state index contributed by atoms with van der Waals surface area (Å²) in [6.45, 7) is 4.83. The molecule has 138 valence electrons. The molecule has 1 heterocycles. The topological polar surface area (TPSA) is 42.9 Å². The van der Waals surface area contributed by atoms with Crippen LogP contribution in [0.1, 0.15) is 18.4 Å². The number of aliphatic imine (C=N–C) groups is 1. The Hall–Kier alpha value is -1.66. The summed E-state index contributed by atoms with van der Waals surface area (Å²) < 4.78 is 14.1. The Morgan fingerprint density at radius 3 is 2.68 bits per heavy atom. The number of guanidine groups is 1. The van der Waals surface area contributed by atoms with Crippen molar-refractivity contribution in [1.29, 1.82) is 0 Å². The number of benzene rings is 1. The molecule has 1 aliphatic carbocycles. The molecule has 0 amide bonds. The van der Waals surface area contributed by atoms with Crippen LogP contribution in [0.25, 0.3) is 0 Å². The predicted molar refractivity (Wildman–Crippen MR) is 101 cm³/mol. The van der Waals surface area contributed by atoms with Crippen molar-refractivity contribution in [1.82, 2.24) is 20.4 Å². The SMILES string of the molecule is CN=C(NCC1CN(C)CCN1C)NCC1(c2ccccc2F)CC1. The Balaban J connectivity index is 1.52. The summed E-state index contributed by atoms with van der Waals surface area (Å²) >= 11 is 0. The molecule has 1 saturated carbocycles. The fraction of sp³-hybridized carbons (Fsp3) is 0.632. The van der Waals surface area contributed by atoms with Gasteiger partial charge in [0.1, 0.15) is 5.82 Å². The summed E-state index contributed by atoms with van der Waals surface area (Å²) in [6.07, 6.45) is 2.04. The summed E-state index contributed by atoms with van der Waals surface area (Å²) in [7, 11) is 6.12. The lowest BCUT2D eigenvalue weighted by molar-refractivity contribution is 0.116. The number of halogens is 1. The van der Waals surface area contributed by atoms with Crippen LogP contribution in [0, 0.1) is 5.82 Å². The molecular formula is C19H30FN5. The number of nitrogens with zero attached hydrogens (tertiary/aromatic N) is 3. The third kappa shape index (κ3) is 4.30. The van der Waals surface area contributed by atoms with E-state index in [2.05, 4.69) is 39.5 Å². The maximum Gasteiger partial charge on any atom is 0.191 e. The largest absolute Gasteiger partial charge is 0.356 e. The molecule has 1 aromatic rings. The zero-order valence-electron chi connectivity index (χ0n) is 15.6. The molecule has 1 aliphatic heterocycles. The van der Waals surface area contributed by atoms with Gasteiger partial charge >= 0.3 is 0 Å². The van der Waals surface area contributed by atoms with Crippen LogP contribution in [0.2, 0.25) is 0 Å². The van der Waals surface area contributed by atoms with Gasteiger partial charge in [-0.05, 0) is 38.6 Å². The highest BCUT2D eigenvalue weighted by Gasteiger charge is 2.45. The summed E-state index contributed by atoms with van der Waals surface area (Å²) in [4.78, 5) is 9.08. The number of likely N-dealkylation sites (N-methyl/N-ethyl adjacent to an activating group) is 2. The molecule has 1 saturated heterocycles. The summed E-state index contributed by atoms with van der Waals surface area (Å²) in [5, 5.41) is 6.84. The Morgan fingerprint density at radius 1 is 1.24 bits per heavy atom. The number of hydrogen-bond acceptors (Lipinski definition) is 3. The highest BCUT2D eigenvalue weighted by Crippen LogP contribution is 2.48. The van der Waals surface area contributed by atoms with Gasteiger partial charge in [0.25, 0.3) is 0 Å². The summed E-state index contributed by atoms with van der Waals surface area (Å²) in [6, 6.07) is 7.60. The number of rotatable bonds is 5. The molecule has 5 nitrogen and oxygen atoms in total. The van der Waals surface area contributed by atoms with E-state index in [1.54, 1.807) is 19.2 Å². The van der Waals surface area contributed by atoms with E-state index in [0.29, 0.717) is 12.6 Å².